The molecular formula is C15H28O2. The number of allylic oxidation sites excluding steroid dienone is 2. The largest absolute Gasteiger partial charge is 0.466 e. The molecule has 0 heterocycles. The van der Waals surface area contributed by atoms with E-state index >= 15 is 0 Å². The van der Waals surface area contributed by atoms with Crippen LogP contribution in [0.3, 0.4) is 0 Å². The molecule has 0 radical (unpaired) electrons. The summed E-state index contributed by atoms with van der Waals surface area (Å²) >= 11 is 0. The van der Waals surface area contributed by atoms with Gasteiger partial charge in [-0.25, -0.2) is 0 Å². The molecule has 100 valence electrons. The number of hydrogen-bond donors (Lipinski definition) is 0. The highest BCUT2D eigenvalue weighted by Crippen LogP contribution is 2.28. The standard InChI is InChI=1S/C15H28O2/c1-6-9-11-14(15(16)17-8-3)13(10-7-2)12(4)5/h7,10,12-14H,6,8-9,11H2,1-5H3/b10-7+/t13-,14+/m1/s1. The highest BCUT2D eigenvalue weighted by molar-refractivity contribution is 5.73. The molecule has 0 saturated heterocycles. The summed E-state index contributed by atoms with van der Waals surface area (Å²) in [5, 5.41) is 0. The Balaban J connectivity index is 4.77. The zero-order valence-electron chi connectivity index (χ0n) is 12.0. The fourth-order valence-electron chi connectivity index (χ4n) is 2.18. The predicted octanol–water partition coefficient (Wildman–Crippen LogP) is 4.20. The van der Waals surface area contributed by atoms with E-state index in [1.54, 1.807) is 0 Å². The monoisotopic (exact) mass is 240 g/mol. The molecule has 0 bridgehead atoms. The molecule has 2 atom stereocenters. The van der Waals surface area contributed by atoms with Gasteiger partial charge in [-0.3, -0.25) is 4.79 Å². The first-order valence-corrected chi connectivity index (χ1v) is 6.87. The molecule has 0 aromatic rings. The fourth-order valence-corrected chi connectivity index (χ4v) is 2.18. The van der Waals surface area contributed by atoms with Crippen molar-refractivity contribution < 1.29 is 9.53 Å². The second-order valence-corrected chi connectivity index (χ2v) is 4.85. The maximum atomic E-state index is 12.0. The van der Waals surface area contributed by atoms with E-state index < -0.39 is 0 Å². The van der Waals surface area contributed by atoms with E-state index in [0.29, 0.717) is 18.4 Å². The molecule has 0 aromatic carbocycles. The van der Waals surface area contributed by atoms with E-state index in [2.05, 4.69) is 26.8 Å². The van der Waals surface area contributed by atoms with E-state index in [4.69, 9.17) is 4.74 Å². The van der Waals surface area contributed by atoms with Crippen LogP contribution in [0.5, 0.6) is 0 Å². The summed E-state index contributed by atoms with van der Waals surface area (Å²) in [5.41, 5.74) is 0. The van der Waals surface area contributed by atoms with Crippen LogP contribution in [0.1, 0.15) is 53.9 Å². The van der Waals surface area contributed by atoms with E-state index in [1.807, 2.05) is 19.9 Å². The normalized spacial score (nSPS) is 15.2. The third-order valence-electron chi connectivity index (χ3n) is 3.11. The van der Waals surface area contributed by atoms with Gasteiger partial charge in [0.15, 0.2) is 0 Å². The van der Waals surface area contributed by atoms with Crippen LogP contribution >= 0.6 is 0 Å². The predicted molar refractivity (Wildman–Crippen MR) is 72.8 cm³/mol. The Kier molecular flexibility index (Phi) is 8.83. The second kappa shape index (κ2) is 9.26. The summed E-state index contributed by atoms with van der Waals surface area (Å²) in [4.78, 5) is 12.0. The Morgan fingerprint density at radius 3 is 2.35 bits per heavy atom. The number of carbonyl (C=O) groups is 1. The lowest BCUT2D eigenvalue weighted by Gasteiger charge is -2.26. The molecule has 0 rings (SSSR count). The van der Waals surface area contributed by atoms with Crippen molar-refractivity contribution in [2.24, 2.45) is 17.8 Å². The highest BCUT2D eigenvalue weighted by Gasteiger charge is 2.29. The summed E-state index contributed by atoms with van der Waals surface area (Å²) in [5.74, 6) is 0.756. The molecule has 0 N–H and O–H groups in total. The second-order valence-electron chi connectivity index (χ2n) is 4.85. The summed E-state index contributed by atoms with van der Waals surface area (Å²) in [6, 6.07) is 0. The van der Waals surface area contributed by atoms with Crippen LogP contribution < -0.4 is 0 Å². The molecule has 0 aromatic heterocycles. The summed E-state index contributed by atoms with van der Waals surface area (Å²) in [6.45, 7) is 10.8. The van der Waals surface area contributed by atoms with Crippen molar-refractivity contribution in [3.05, 3.63) is 12.2 Å². The number of unbranched alkanes of at least 4 members (excludes halogenated alkanes) is 1. The van der Waals surface area contributed by atoms with Crippen LogP contribution in [0.4, 0.5) is 0 Å². The number of rotatable bonds is 8. The minimum Gasteiger partial charge on any atom is -0.466 e. The summed E-state index contributed by atoms with van der Waals surface area (Å²) in [7, 11) is 0. The Bertz CT molecular complexity index is 231. The van der Waals surface area contributed by atoms with Gasteiger partial charge in [0.25, 0.3) is 0 Å². The quantitative estimate of drug-likeness (QED) is 0.469. The molecule has 0 amide bonds. The number of esters is 1. The van der Waals surface area contributed by atoms with Gasteiger partial charge in [0.2, 0.25) is 0 Å². The van der Waals surface area contributed by atoms with E-state index in [0.717, 1.165) is 19.3 Å². The van der Waals surface area contributed by atoms with Crippen LogP contribution in [-0.4, -0.2) is 12.6 Å². The van der Waals surface area contributed by atoms with Crippen molar-refractivity contribution in [3.8, 4) is 0 Å². The van der Waals surface area contributed by atoms with Gasteiger partial charge in [0, 0.05) is 0 Å². The van der Waals surface area contributed by atoms with Gasteiger partial charge in [0.1, 0.15) is 0 Å². The number of hydrogen-bond acceptors (Lipinski definition) is 2. The van der Waals surface area contributed by atoms with Crippen molar-refractivity contribution >= 4 is 5.97 Å². The van der Waals surface area contributed by atoms with Crippen molar-refractivity contribution in [2.75, 3.05) is 6.61 Å². The first kappa shape index (κ1) is 16.2. The molecule has 2 heteroatoms. The van der Waals surface area contributed by atoms with Crippen molar-refractivity contribution in [2.45, 2.75) is 53.9 Å². The Hall–Kier alpha value is -0.790. The first-order valence-electron chi connectivity index (χ1n) is 6.87. The van der Waals surface area contributed by atoms with Crippen LogP contribution in [0.25, 0.3) is 0 Å². The van der Waals surface area contributed by atoms with Crippen LogP contribution in [0.15, 0.2) is 12.2 Å². The van der Waals surface area contributed by atoms with Gasteiger partial charge in [-0.2, -0.15) is 0 Å². The molecule has 0 unspecified atom stereocenters. The van der Waals surface area contributed by atoms with Crippen LogP contribution in [0.2, 0.25) is 0 Å². The Morgan fingerprint density at radius 2 is 1.94 bits per heavy atom. The molecular weight excluding hydrogens is 212 g/mol. The highest BCUT2D eigenvalue weighted by atomic mass is 16.5. The lowest BCUT2D eigenvalue weighted by Crippen LogP contribution is -2.28. The fraction of sp³-hybridized carbons (Fsp3) is 0.800. The van der Waals surface area contributed by atoms with Crippen LogP contribution in [-0.2, 0) is 9.53 Å². The van der Waals surface area contributed by atoms with Crippen LogP contribution in [0, 0.1) is 17.8 Å². The summed E-state index contributed by atoms with van der Waals surface area (Å²) < 4.78 is 5.21. The molecule has 0 aliphatic heterocycles. The SMILES string of the molecule is C/C=C/[C@H](C(C)C)[C@H](CCCC)C(=O)OCC. The van der Waals surface area contributed by atoms with Gasteiger partial charge in [0.05, 0.1) is 12.5 Å². The molecule has 17 heavy (non-hydrogen) atoms. The molecule has 2 nitrogen and oxygen atoms in total. The Labute approximate surface area is 106 Å². The molecule has 0 aliphatic carbocycles. The average molecular weight is 240 g/mol. The number of carbonyl (C=O) groups excluding carboxylic acids is 1. The van der Waals surface area contributed by atoms with Crippen molar-refractivity contribution in [3.63, 3.8) is 0 Å². The lowest BCUT2D eigenvalue weighted by molar-refractivity contribution is -0.150. The zero-order chi connectivity index (χ0) is 13.3. The molecule has 0 saturated carbocycles. The maximum Gasteiger partial charge on any atom is 0.309 e. The van der Waals surface area contributed by atoms with E-state index in [9.17, 15) is 4.79 Å². The average Bonchev–Trinajstić information content (AvgIpc) is 2.28. The van der Waals surface area contributed by atoms with Gasteiger partial charge in [-0.05, 0) is 32.1 Å². The summed E-state index contributed by atoms with van der Waals surface area (Å²) in [6.07, 6.45) is 7.34. The van der Waals surface area contributed by atoms with Gasteiger partial charge in [-0.15, -0.1) is 0 Å². The topological polar surface area (TPSA) is 26.3 Å². The van der Waals surface area contributed by atoms with Gasteiger partial charge in [-0.1, -0.05) is 45.8 Å². The minimum atomic E-state index is -0.0299. The van der Waals surface area contributed by atoms with Gasteiger partial charge >= 0.3 is 5.97 Å². The third-order valence-corrected chi connectivity index (χ3v) is 3.11. The smallest absolute Gasteiger partial charge is 0.309 e. The maximum absolute atomic E-state index is 12.0. The molecule has 0 spiro atoms. The lowest BCUT2D eigenvalue weighted by atomic mass is 9.80. The zero-order valence-corrected chi connectivity index (χ0v) is 12.0. The van der Waals surface area contributed by atoms with Crippen molar-refractivity contribution in [1.82, 2.24) is 0 Å². The van der Waals surface area contributed by atoms with E-state index in [-0.39, 0.29) is 11.9 Å². The van der Waals surface area contributed by atoms with Gasteiger partial charge < -0.3 is 4.74 Å². The first-order chi connectivity index (χ1) is 8.08. The molecule has 0 fully saturated rings. The minimum absolute atomic E-state index is 0.0195. The third kappa shape index (κ3) is 5.90. The molecule has 0 aliphatic rings. The van der Waals surface area contributed by atoms with E-state index in [1.165, 1.54) is 0 Å². The number of ether oxygens (including phenoxy) is 1. The van der Waals surface area contributed by atoms with Crippen molar-refractivity contribution in [1.29, 1.82) is 0 Å². The Morgan fingerprint density at radius 1 is 1.29 bits per heavy atom.